The van der Waals surface area contributed by atoms with Gasteiger partial charge in [-0.3, -0.25) is 14.5 Å². The van der Waals surface area contributed by atoms with Gasteiger partial charge in [-0.2, -0.15) is 0 Å². The van der Waals surface area contributed by atoms with Crippen molar-refractivity contribution >= 4 is 11.8 Å². The maximum Gasteiger partial charge on any atom is 0.241 e. The predicted molar refractivity (Wildman–Crippen MR) is 99.8 cm³/mol. The minimum atomic E-state index is -0.0102. The third kappa shape index (κ3) is 4.18. The van der Waals surface area contributed by atoms with Gasteiger partial charge in [-0.1, -0.05) is 12.1 Å². The van der Waals surface area contributed by atoms with Crippen LogP contribution in [0.1, 0.15) is 25.3 Å². The lowest BCUT2D eigenvalue weighted by atomic mass is 9.94. The molecule has 0 aliphatic carbocycles. The molecule has 0 aromatic heterocycles. The Morgan fingerprint density at radius 2 is 1.92 bits per heavy atom. The lowest BCUT2D eigenvalue weighted by Crippen LogP contribution is -2.51. The number of carbonyl (C=O) groups excluding carboxylic acids is 2. The molecule has 3 heterocycles. The van der Waals surface area contributed by atoms with Crippen LogP contribution >= 0.6 is 0 Å². The summed E-state index contributed by atoms with van der Waals surface area (Å²) in [5, 5.41) is 0. The molecule has 3 saturated heterocycles. The monoisotopic (exact) mass is 359 g/mol. The van der Waals surface area contributed by atoms with Crippen LogP contribution in [-0.2, 0) is 16.1 Å². The molecule has 1 aromatic rings. The summed E-state index contributed by atoms with van der Waals surface area (Å²) >= 11 is 0. The summed E-state index contributed by atoms with van der Waals surface area (Å²) < 4.78 is 5.50. The summed E-state index contributed by atoms with van der Waals surface area (Å²) in [5.41, 5.74) is 1.22. The van der Waals surface area contributed by atoms with E-state index >= 15 is 0 Å². The highest BCUT2D eigenvalue weighted by molar-refractivity contribution is 5.86. The van der Waals surface area contributed by atoms with E-state index in [0.717, 1.165) is 38.2 Å². The molecule has 3 aliphatic rings. The number of ether oxygens (including phenoxy) is 1. The molecule has 0 saturated carbocycles. The number of nitrogens with zero attached hydrogens (tertiary/aromatic N) is 3. The van der Waals surface area contributed by atoms with Crippen LogP contribution in [0.3, 0.4) is 0 Å². The largest absolute Gasteiger partial charge is 0.494 e. The predicted octanol–water partition coefficient (Wildman–Crippen LogP) is 1.60. The number of piperidine rings is 1. The molecule has 6 heteroatoms. The van der Waals surface area contributed by atoms with Crippen LogP contribution in [0.25, 0.3) is 0 Å². The van der Waals surface area contributed by atoms with E-state index in [-0.39, 0.29) is 30.3 Å². The van der Waals surface area contributed by atoms with Gasteiger partial charge >= 0.3 is 0 Å². The Bertz CT molecular complexity index is 644. The van der Waals surface area contributed by atoms with Gasteiger partial charge in [0.25, 0.3) is 0 Å². The van der Waals surface area contributed by atoms with Crippen LogP contribution in [0.2, 0.25) is 0 Å². The molecule has 0 N–H and O–H groups in total. The second kappa shape index (κ2) is 8.08. The summed E-state index contributed by atoms with van der Waals surface area (Å²) in [5.74, 6) is 1.02. The molecule has 0 unspecified atom stereocenters. The highest BCUT2D eigenvalue weighted by atomic mass is 16.5. The minimum Gasteiger partial charge on any atom is -0.494 e. The van der Waals surface area contributed by atoms with E-state index in [1.807, 2.05) is 24.0 Å². The Balaban J connectivity index is 1.67. The molecule has 2 bridgehead atoms. The number of fused-ring (bicyclic) bond motifs is 4. The van der Waals surface area contributed by atoms with E-state index in [4.69, 9.17) is 4.74 Å². The lowest BCUT2D eigenvalue weighted by Gasteiger charge is -2.36. The average Bonchev–Trinajstić information content (AvgIpc) is 2.88. The van der Waals surface area contributed by atoms with Crippen molar-refractivity contribution in [1.29, 1.82) is 0 Å². The average molecular weight is 359 g/mol. The first-order valence-electron chi connectivity index (χ1n) is 9.42. The van der Waals surface area contributed by atoms with Gasteiger partial charge in [0, 0.05) is 39.8 Å². The van der Waals surface area contributed by atoms with Gasteiger partial charge in [0.2, 0.25) is 11.8 Å². The van der Waals surface area contributed by atoms with Crippen LogP contribution < -0.4 is 4.74 Å². The summed E-state index contributed by atoms with van der Waals surface area (Å²) in [6.07, 6.45) is 1.91. The molecule has 2 atom stereocenters. The lowest BCUT2D eigenvalue weighted by molar-refractivity contribution is -0.145. The smallest absolute Gasteiger partial charge is 0.241 e. The van der Waals surface area contributed by atoms with Crippen molar-refractivity contribution in [3.8, 4) is 5.75 Å². The maximum absolute atomic E-state index is 12.8. The second-order valence-corrected chi connectivity index (χ2v) is 7.45. The van der Waals surface area contributed by atoms with Gasteiger partial charge in [-0.25, -0.2) is 0 Å². The number of likely N-dealkylation sites (N-methyl/N-ethyl adjacent to an activating group) is 1. The maximum atomic E-state index is 12.8. The molecule has 6 nitrogen and oxygen atoms in total. The van der Waals surface area contributed by atoms with E-state index in [9.17, 15) is 9.59 Å². The van der Waals surface area contributed by atoms with Crippen molar-refractivity contribution in [3.05, 3.63) is 29.8 Å². The molecular weight excluding hydrogens is 330 g/mol. The summed E-state index contributed by atoms with van der Waals surface area (Å²) in [6.45, 7) is 5.26. The Morgan fingerprint density at radius 1 is 1.19 bits per heavy atom. The molecule has 3 aliphatic heterocycles. The normalized spacial score (nSPS) is 23.0. The Labute approximate surface area is 155 Å². The Morgan fingerprint density at radius 3 is 2.58 bits per heavy atom. The topological polar surface area (TPSA) is 53.1 Å². The third-order valence-electron chi connectivity index (χ3n) is 5.31. The number of carbonyl (C=O) groups is 2. The molecule has 2 amide bonds. The number of rotatable bonds is 6. The Kier molecular flexibility index (Phi) is 5.81. The molecular formula is C20H29N3O3. The highest BCUT2D eigenvalue weighted by Gasteiger charge is 2.41. The van der Waals surface area contributed by atoms with Gasteiger partial charge in [0.1, 0.15) is 12.3 Å². The van der Waals surface area contributed by atoms with Crippen molar-refractivity contribution in [3.63, 3.8) is 0 Å². The quantitative estimate of drug-likeness (QED) is 0.774. The van der Waals surface area contributed by atoms with Crippen molar-refractivity contribution in [2.24, 2.45) is 5.92 Å². The van der Waals surface area contributed by atoms with Crippen LogP contribution in [0, 0.1) is 5.92 Å². The zero-order chi connectivity index (χ0) is 18.7. The summed E-state index contributed by atoms with van der Waals surface area (Å²) in [7, 11) is 3.47. The van der Waals surface area contributed by atoms with Crippen molar-refractivity contribution in [1.82, 2.24) is 14.7 Å². The molecule has 142 valence electrons. The molecule has 4 rings (SSSR count). The van der Waals surface area contributed by atoms with Crippen molar-refractivity contribution in [2.45, 2.75) is 32.4 Å². The second-order valence-electron chi connectivity index (χ2n) is 7.45. The van der Waals surface area contributed by atoms with Crippen molar-refractivity contribution in [2.75, 3.05) is 40.3 Å². The van der Waals surface area contributed by atoms with E-state index in [1.54, 1.807) is 19.0 Å². The summed E-state index contributed by atoms with van der Waals surface area (Å²) in [6, 6.07) is 8.31. The number of benzene rings is 1. The third-order valence-corrected chi connectivity index (χ3v) is 5.31. The van der Waals surface area contributed by atoms with E-state index in [1.165, 1.54) is 5.56 Å². The van der Waals surface area contributed by atoms with E-state index < -0.39 is 0 Å². The van der Waals surface area contributed by atoms with Gasteiger partial charge in [-0.05, 0) is 37.5 Å². The van der Waals surface area contributed by atoms with Gasteiger partial charge in [0.05, 0.1) is 12.5 Å². The van der Waals surface area contributed by atoms with Crippen molar-refractivity contribution < 1.29 is 14.3 Å². The first-order valence-corrected chi connectivity index (χ1v) is 9.42. The van der Waals surface area contributed by atoms with Gasteiger partial charge < -0.3 is 14.5 Å². The first-order chi connectivity index (χ1) is 12.5. The first kappa shape index (κ1) is 18.7. The highest BCUT2D eigenvalue weighted by Crippen LogP contribution is 2.30. The van der Waals surface area contributed by atoms with E-state index in [0.29, 0.717) is 6.61 Å². The SMILES string of the molecule is CCOc1ccc(CN2C[C@H]3CC[C@@H](C2)N(CC(=O)N(C)C)C3=O)cc1. The molecule has 1 aromatic carbocycles. The van der Waals surface area contributed by atoms with Crippen LogP contribution in [-0.4, -0.2) is 72.9 Å². The Hall–Kier alpha value is -2.08. The van der Waals surface area contributed by atoms with Crippen LogP contribution in [0.15, 0.2) is 24.3 Å². The summed E-state index contributed by atoms with van der Waals surface area (Å²) in [4.78, 5) is 30.6. The van der Waals surface area contributed by atoms with Crippen LogP contribution in [0.4, 0.5) is 0 Å². The zero-order valence-electron chi connectivity index (χ0n) is 16.0. The standard InChI is InChI=1S/C20H29N3O3/c1-4-26-18-9-5-15(6-10-18)11-22-12-16-7-8-17(13-22)23(20(16)25)14-19(24)21(2)3/h5-6,9-10,16-17H,4,7-8,11-14H2,1-3H3/t16-,17+/m1/s1. The molecule has 26 heavy (non-hydrogen) atoms. The number of hydrogen-bond acceptors (Lipinski definition) is 4. The number of hydrogen-bond donors (Lipinski definition) is 0. The fourth-order valence-electron chi connectivity index (χ4n) is 3.87. The number of amides is 2. The van der Waals surface area contributed by atoms with Crippen LogP contribution in [0.5, 0.6) is 5.75 Å². The van der Waals surface area contributed by atoms with E-state index in [2.05, 4.69) is 17.0 Å². The molecule has 0 spiro atoms. The fraction of sp³-hybridized carbons (Fsp3) is 0.600. The molecule has 0 radical (unpaired) electrons. The van der Waals surface area contributed by atoms with Gasteiger partial charge in [-0.15, -0.1) is 0 Å². The molecule has 3 fully saturated rings. The minimum absolute atomic E-state index is 0.00594. The fourth-order valence-corrected chi connectivity index (χ4v) is 3.87. The van der Waals surface area contributed by atoms with Gasteiger partial charge in [0.15, 0.2) is 0 Å². The zero-order valence-corrected chi connectivity index (χ0v) is 16.0.